The van der Waals surface area contributed by atoms with E-state index in [9.17, 15) is 0 Å². The zero-order valence-electron chi connectivity index (χ0n) is 8.67. The summed E-state index contributed by atoms with van der Waals surface area (Å²) in [5, 5.41) is 8.66. The minimum absolute atomic E-state index is 0.721. The van der Waals surface area contributed by atoms with Crippen LogP contribution in [0.1, 0.15) is 33.6 Å². The van der Waals surface area contributed by atoms with Crippen LogP contribution in [0.5, 0.6) is 0 Å². The van der Waals surface area contributed by atoms with Crippen LogP contribution < -0.4 is 0 Å². The first-order chi connectivity index (χ1) is 6.24. The average molecular weight is 175 g/mol. The molecule has 0 aromatic heterocycles. The minimum atomic E-state index is 0.721. The molecule has 1 nitrogen and oxygen atoms in total. The molecule has 0 aliphatic heterocycles. The molecule has 0 aliphatic carbocycles. The third-order valence-corrected chi connectivity index (χ3v) is 1.66. The lowest BCUT2D eigenvalue weighted by Crippen LogP contribution is -1.74. The monoisotopic (exact) mass is 175 g/mol. The molecule has 0 atom stereocenters. The van der Waals surface area contributed by atoms with Crippen LogP contribution in [-0.2, 0) is 0 Å². The van der Waals surface area contributed by atoms with Crippen LogP contribution in [0.4, 0.5) is 0 Å². The van der Waals surface area contributed by atoms with Gasteiger partial charge in [0.25, 0.3) is 0 Å². The smallest absolute Gasteiger partial charge is 0.0988 e. The Bertz CT molecular complexity index is 261. The van der Waals surface area contributed by atoms with Crippen molar-refractivity contribution < 1.29 is 0 Å². The Balaban J connectivity index is 4.26. The molecule has 0 saturated carbocycles. The molecule has 0 unspecified atom stereocenters. The maximum atomic E-state index is 8.66. The largest absolute Gasteiger partial charge is 0.192 e. The molecule has 1 heteroatoms. The second kappa shape index (κ2) is 7.36. The highest BCUT2D eigenvalue weighted by molar-refractivity contribution is 5.37. The zero-order valence-corrected chi connectivity index (χ0v) is 8.67. The maximum absolute atomic E-state index is 8.66. The van der Waals surface area contributed by atoms with E-state index in [1.807, 2.05) is 26.0 Å². The fourth-order valence-electron chi connectivity index (χ4n) is 0.909. The van der Waals surface area contributed by atoms with Crippen molar-refractivity contribution >= 4 is 0 Å². The normalized spacial score (nSPS) is 13.4. The summed E-state index contributed by atoms with van der Waals surface area (Å²) in [4.78, 5) is 0. The van der Waals surface area contributed by atoms with Gasteiger partial charge in [-0.25, -0.2) is 0 Å². The Labute approximate surface area is 81.1 Å². The molecule has 0 aromatic rings. The summed E-state index contributed by atoms with van der Waals surface area (Å²) in [5.41, 5.74) is 1.85. The third-order valence-electron chi connectivity index (χ3n) is 1.66. The standard InChI is InChI=1S/C12H17N/c1-4-6-7-8-11(3)9-12(5-2)10-13/h5,7-9H,4,6H2,1-3H3/b8-7?,11-9-,12-5+. The summed E-state index contributed by atoms with van der Waals surface area (Å²) >= 11 is 0. The minimum Gasteiger partial charge on any atom is -0.192 e. The van der Waals surface area contributed by atoms with Gasteiger partial charge in [-0.2, -0.15) is 5.26 Å². The van der Waals surface area contributed by atoms with Crippen molar-refractivity contribution in [1.82, 2.24) is 0 Å². The highest BCUT2D eigenvalue weighted by Gasteiger charge is 1.87. The van der Waals surface area contributed by atoms with Crippen molar-refractivity contribution in [2.24, 2.45) is 0 Å². The van der Waals surface area contributed by atoms with E-state index in [1.165, 1.54) is 6.42 Å². The van der Waals surface area contributed by atoms with Crippen LogP contribution in [0.25, 0.3) is 0 Å². The SMILES string of the molecule is C/C=C(C#N)\C=C(\C)C=CCCC. The van der Waals surface area contributed by atoms with Crippen LogP contribution in [0, 0.1) is 11.3 Å². The van der Waals surface area contributed by atoms with E-state index >= 15 is 0 Å². The van der Waals surface area contributed by atoms with Crippen LogP contribution in [0.2, 0.25) is 0 Å². The van der Waals surface area contributed by atoms with Crippen molar-refractivity contribution in [2.45, 2.75) is 33.6 Å². The average Bonchev–Trinajstić information content (AvgIpc) is 2.14. The Hall–Kier alpha value is -1.29. The maximum Gasteiger partial charge on any atom is 0.0988 e. The molecule has 0 bridgehead atoms. The molecular weight excluding hydrogens is 158 g/mol. The Kier molecular flexibility index (Phi) is 6.63. The number of hydrogen-bond donors (Lipinski definition) is 0. The molecule has 0 amide bonds. The Morgan fingerprint density at radius 2 is 2.15 bits per heavy atom. The van der Waals surface area contributed by atoms with Gasteiger partial charge in [0.1, 0.15) is 0 Å². The second-order valence-electron chi connectivity index (χ2n) is 2.94. The van der Waals surface area contributed by atoms with E-state index in [4.69, 9.17) is 5.26 Å². The lowest BCUT2D eigenvalue weighted by molar-refractivity contribution is 0.957. The van der Waals surface area contributed by atoms with Crippen molar-refractivity contribution in [3.05, 3.63) is 35.5 Å². The van der Waals surface area contributed by atoms with Crippen LogP contribution in [0.3, 0.4) is 0 Å². The van der Waals surface area contributed by atoms with E-state index in [2.05, 4.69) is 25.1 Å². The van der Waals surface area contributed by atoms with Crippen molar-refractivity contribution in [2.75, 3.05) is 0 Å². The molecule has 0 radical (unpaired) electrons. The van der Waals surface area contributed by atoms with Crippen molar-refractivity contribution in [3.63, 3.8) is 0 Å². The lowest BCUT2D eigenvalue weighted by atomic mass is 10.1. The first-order valence-corrected chi connectivity index (χ1v) is 4.65. The highest BCUT2D eigenvalue weighted by Crippen LogP contribution is 2.03. The predicted molar refractivity (Wildman–Crippen MR) is 57.2 cm³/mol. The Morgan fingerprint density at radius 1 is 1.46 bits per heavy atom. The van der Waals surface area contributed by atoms with Crippen LogP contribution >= 0.6 is 0 Å². The summed E-state index contributed by atoms with van der Waals surface area (Å²) < 4.78 is 0. The topological polar surface area (TPSA) is 23.8 Å². The first kappa shape index (κ1) is 11.7. The number of allylic oxidation sites excluding steroid dienone is 6. The van der Waals surface area contributed by atoms with Crippen LogP contribution in [0.15, 0.2) is 35.5 Å². The lowest BCUT2D eigenvalue weighted by Gasteiger charge is -1.91. The van der Waals surface area contributed by atoms with E-state index in [0.717, 1.165) is 17.6 Å². The highest BCUT2D eigenvalue weighted by atomic mass is 14.2. The fraction of sp³-hybridized carbons (Fsp3) is 0.417. The second-order valence-corrected chi connectivity index (χ2v) is 2.94. The summed E-state index contributed by atoms with van der Waals surface area (Å²) in [6, 6.07) is 2.12. The number of nitriles is 1. The van der Waals surface area contributed by atoms with Gasteiger partial charge < -0.3 is 0 Å². The quantitative estimate of drug-likeness (QED) is 0.471. The molecule has 0 aromatic carbocycles. The van der Waals surface area contributed by atoms with E-state index in [-0.39, 0.29) is 0 Å². The van der Waals surface area contributed by atoms with Gasteiger partial charge in [0.05, 0.1) is 6.07 Å². The van der Waals surface area contributed by atoms with Crippen LogP contribution in [-0.4, -0.2) is 0 Å². The van der Waals surface area contributed by atoms with E-state index < -0.39 is 0 Å². The molecular formula is C12H17N. The number of unbranched alkanes of at least 4 members (excludes halogenated alkanes) is 1. The third kappa shape index (κ3) is 5.93. The molecule has 13 heavy (non-hydrogen) atoms. The summed E-state index contributed by atoms with van der Waals surface area (Å²) in [5.74, 6) is 0. The molecule has 0 spiro atoms. The van der Waals surface area contributed by atoms with E-state index in [0.29, 0.717) is 0 Å². The zero-order chi connectivity index (χ0) is 10.1. The number of hydrogen-bond acceptors (Lipinski definition) is 1. The molecule has 0 N–H and O–H groups in total. The number of rotatable bonds is 4. The van der Waals surface area contributed by atoms with Gasteiger partial charge >= 0.3 is 0 Å². The Morgan fingerprint density at radius 3 is 2.62 bits per heavy atom. The molecule has 70 valence electrons. The van der Waals surface area contributed by atoms with Gasteiger partial charge in [0.15, 0.2) is 0 Å². The summed E-state index contributed by atoms with van der Waals surface area (Å²) in [7, 11) is 0. The van der Waals surface area contributed by atoms with Gasteiger partial charge in [0, 0.05) is 5.57 Å². The molecule has 0 rings (SSSR count). The first-order valence-electron chi connectivity index (χ1n) is 4.65. The van der Waals surface area contributed by atoms with Gasteiger partial charge in [-0.1, -0.05) is 37.1 Å². The molecule has 0 aliphatic rings. The van der Waals surface area contributed by atoms with E-state index in [1.54, 1.807) is 0 Å². The summed E-state index contributed by atoms with van der Waals surface area (Å²) in [6.45, 7) is 6.03. The summed E-state index contributed by atoms with van der Waals surface area (Å²) in [6.07, 6.45) is 10.2. The predicted octanol–water partition coefficient (Wildman–Crippen LogP) is 3.76. The van der Waals surface area contributed by atoms with Gasteiger partial charge in [-0.3, -0.25) is 0 Å². The molecule has 0 saturated heterocycles. The van der Waals surface area contributed by atoms with Gasteiger partial charge in [-0.15, -0.1) is 0 Å². The molecule has 0 fully saturated rings. The van der Waals surface area contributed by atoms with Gasteiger partial charge in [-0.05, 0) is 26.3 Å². The number of nitrogens with zero attached hydrogens (tertiary/aromatic N) is 1. The fourth-order valence-corrected chi connectivity index (χ4v) is 0.909. The molecule has 0 heterocycles. The van der Waals surface area contributed by atoms with Gasteiger partial charge in [0.2, 0.25) is 0 Å². The van der Waals surface area contributed by atoms with Crippen molar-refractivity contribution in [1.29, 1.82) is 5.26 Å². The van der Waals surface area contributed by atoms with Crippen molar-refractivity contribution in [3.8, 4) is 6.07 Å².